The van der Waals surface area contributed by atoms with Crippen LogP contribution in [0, 0.1) is 5.92 Å². The number of Topliss-reactive ketones (excluding diaryl/α,β-unsaturated/α-hetero) is 1. The van der Waals surface area contributed by atoms with Gasteiger partial charge in [0.2, 0.25) is 0 Å². The largest absolute Gasteiger partial charge is 0.381 e. The molecule has 0 N–H and O–H groups in total. The van der Waals surface area contributed by atoms with Gasteiger partial charge in [0.05, 0.1) is 0 Å². The maximum Gasteiger partial charge on any atom is 0.166 e. The van der Waals surface area contributed by atoms with Gasteiger partial charge in [-0.15, -0.1) is 0 Å². The van der Waals surface area contributed by atoms with Crippen molar-refractivity contribution in [3.05, 3.63) is 35.4 Å². The highest BCUT2D eigenvalue weighted by molar-refractivity contribution is 5.97. The van der Waals surface area contributed by atoms with Gasteiger partial charge in [0.25, 0.3) is 0 Å². The molecule has 2 heteroatoms. The van der Waals surface area contributed by atoms with E-state index in [0.29, 0.717) is 5.92 Å². The van der Waals surface area contributed by atoms with Gasteiger partial charge in [-0.1, -0.05) is 38.1 Å². The summed E-state index contributed by atoms with van der Waals surface area (Å²) in [5.74, 6) is 0.958. The van der Waals surface area contributed by atoms with E-state index in [1.807, 2.05) is 12.1 Å². The second-order valence-corrected chi connectivity index (χ2v) is 5.03. The van der Waals surface area contributed by atoms with E-state index in [2.05, 4.69) is 26.0 Å². The number of hydrogen-bond donors (Lipinski definition) is 0. The average molecular weight is 232 g/mol. The molecule has 0 aromatic heterocycles. The summed E-state index contributed by atoms with van der Waals surface area (Å²) in [6.45, 7) is 5.77. The minimum Gasteiger partial charge on any atom is -0.381 e. The molecule has 2 rings (SSSR count). The van der Waals surface area contributed by atoms with Crippen LogP contribution in [-0.4, -0.2) is 19.0 Å². The molecule has 1 saturated heterocycles. The van der Waals surface area contributed by atoms with Crippen LogP contribution in [-0.2, 0) is 4.74 Å². The van der Waals surface area contributed by atoms with Gasteiger partial charge >= 0.3 is 0 Å². The van der Waals surface area contributed by atoms with Gasteiger partial charge in [-0.05, 0) is 24.3 Å². The summed E-state index contributed by atoms with van der Waals surface area (Å²) in [5, 5.41) is 0. The topological polar surface area (TPSA) is 26.3 Å². The van der Waals surface area contributed by atoms with Crippen molar-refractivity contribution in [2.24, 2.45) is 5.92 Å². The van der Waals surface area contributed by atoms with Gasteiger partial charge in [-0.25, -0.2) is 0 Å². The van der Waals surface area contributed by atoms with E-state index in [4.69, 9.17) is 4.74 Å². The van der Waals surface area contributed by atoms with Crippen molar-refractivity contribution in [1.82, 2.24) is 0 Å². The van der Waals surface area contributed by atoms with Crippen LogP contribution in [0.4, 0.5) is 0 Å². The standard InChI is InChI=1S/C15H20O2/c1-11(2)12-3-5-13(6-4-12)15(16)14-7-9-17-10-8-14/h3-6,11,14H,7-10H2,1-2H3. The monoisotopic (exact) mass is 232 g/mol. The molecule has 0 amide bonds. The van der Waals surface area contributed by atoms with Crippen molar-refractivity contribution in [2.75, 3.05) is 13.2 Å². The van der Waals surface area contributed by atoms with E-state index in [1.165, 1.54) is 5.56 Å². The summed E-state index contributed by atoms with van der Waals surface area (Å²) in [6.07, 6.45) is 1.73. The first-order valence-electron chi connectivity index (χ1n) is 6.40. The molecule has 1 aliphatic heterocycles. The Labute approximate surface area is 103 Å². The minimum absolute atomic E-state index is 0.161. The summed E-state index contributed by atoms with van der Waals surface area (Å²) < 4.78 is 5.28. The highest BCUT2D eigenvalue weighted by atomic mass is 16.5. The molecule has 0 atom stereocenters. The average Bonchev–Trinajstić information content (AvgIpc) is 2.39. The molecule has 0 radical (unpaired) electrons. The molecule has 1 heterocycles. The van der Waals surface area contributed by atoms with Crippen LogP contribution in [0.2, 0.25) is 0 Å². The van der Waals surface area contributed by atoms with Gasteiger partial charge in [0.15, 0.2) is 5.78 Å². The lowest BCUT2D eigenvalue weighted by Gasteiger charge is -2.20. The second kappa shape index (κ2) is 5.46. The zero-order valence-corrected chi connectivity index (χ0v) is 10.6. The Balaban J connectivity index is 2.08. The highest BCUT2D eigenvalue weighted by Crippen LogP contribution is 2.21. The second-order valence-electron chi connectivity index (χ2n) is 5.03. The van der Waals surface area contributed by atoms with E-state index in [1.54, 1.807) is 0 Å². The van der Waals surface area contributed by atoms with Gasteiger partial charge in [-0.3, -0.25) is 4.79 Å². The van der Waals surface area contributed by atoms with Crippen molar-refractivity contribution >= 4 is 5.78 Å². The predicted octanol–water partition coefficient (Wildman–Crippen LogP) is 3.42. The molecule has 1 aromatic rings. The van der Waals surface area contributed by atoms with Crippen molar-refractivity contribution < 1.29 is 9.53 Å². The van der Waals surface area contributed by atoms with E-state index >= 15 is 0 Å². The third kappa shape index (κ3) is 2.95. The lowest BCUT2D eigenvalue weighted by Crippen LogP contribution is -2.23. The fourth-order valence-electron chi connectivity index (χ4n) is 2.23. The van der Waals surface area contributed by atoms with Crippen LogP contribution >= 0.6 is 0 Å². The fourth-order valence-corrected chi connectivity index (χ4v) is 2.23. The first-order valence-corrected chi connectivity index (χ1v) is 6.40. The van der Waals surface area contributed by atoms with Gasteiger partial charge in [-0.2, -0.15) is 0 Å². The van der Waals surface area contributed by atoms with Crippen molar-refractivity contribution in [3.63, 3.8) is 0 Å². The molecule has 2 nitrogen and oxygen atoms in total. The molecule has 0 saturated carbocycles. The fraction of sp³-hybridized carbons (Fsp3) is 0.533. The predicted molar refractivity (Wildman–Crippen MR) is 68.4 cm³/mol. The van der Waals surface area contributed by atoms with Gasteiger partial charge in [0, 0.05) is 24.7 Å². The van der Waals surface area contributed by atoms with Crippen molar-refractivity contribution in [1.29, 1.82) is 0 Å². The Bertz CT molecular complexity index is 372. The molecule has 0 unspecified atom stereocenters. The van der Waals surface area contributed by atoms with Crippen LogP contribution in [0.25, 0.3) is 0 Å². The summed E-state index contributed by atoms with van der Waals surface area (Å²) >= 11 is 0. The third-order valence-electron chi connectivity index (χ3n) is 3.45. The van der Waals surface area contributed by atoms with E-state index < -0.39 is 0 Å². The SMILES string of the molecule is CC(C)c1ccc(C(=O)C2CCOCC2)cc1. The Morgan fingerprint density at radius 2 is 1.76 bits per heavy atom. The lowest BCUT2D eigenvalue weighted by atomic mass is 9.90. The highest BCUT2D eigenvalue weighted by Gasteiger charge is 2.22. The number of hydrogen-bond acceptors (Lipinski definition) is 2. The minimum atomic E-state index is 0.161. The molecule has 1 aliphatic rings. The molecule has 17 heavy (non-hydrogen) atoms. The Hall–Kier alpha value is -1.15. The molecule has 92 valence electrons. The zero-order chi connectivity index (χ0) is 12.3. The first kappa shape index (κ1) is 12.3. The van der Waals surface area contributed by atoms with Crippen LogP contribution in [0.1, 0.15) is 48.5 Å². The zero-order valence-electron chi connectivity index (χ0n) is 10.6. The van der Waals surface area contributed by atoms with Crippen LogP contribution < -0.4 is 0 Å². The van der Waals surface area contributed by atoms with E-state index in [0.717, 1.165) is 31.6 Å². The molecule has 0 spiro atoms. The maximum atomic E-state index is 12.2. The maximum absolute atomic E-state index is 12.2. The van der Waals surface area contributed by atoms with Crippen LogP contribution in [0.5, 0.6) is 0 Å². The van der Waals surface area contributed by atoms with Crippen LogP contribution in [0.3, 0.4) is 0 Å². The molecular weight excluding hydrogens is 212 g/mol. The summed E-state index contributed by atoms with van der Waals surface area (Å²) in [5.41, 5.74) is 2.13. The normalized spacial score (nSPS) is 17.4. The number of ketones is 1. The Kier molecular flexibility index (Phi) is 3.95. The summed E-state index contributed by atoms with van der Waals surface area (Å²) in [6, 6.07) is 8.06. The summed E-state index contributed by atoms with van der Waals surface area (Å²) in [4.78, 5) is 12.2. The number of carbonyl (C=O) groups is 1. The number of ether oxygens (including phenoxy) is 1. The van der Waals surface area contributed by atoms with E-state index in [9.17, 15) is 4.79 Å². The Morgan fingerprint density at radius 1 is 1.18 bits per heavy atom. The summed E-state index contributed by atoms with van der Waals surface area (Å²) in [7, 11) is 0. The van der Waals surface area contributed by atoms with Crippen molar-refractivity contribution in [2.45, 2.75) is 32.6 Å². The Morgan fingerprint density at radius 3 is 2.29 bits per heavy atom. The molecule has 1 aromatic carbocycles. The smallest absolute Gasteiger partial charge is 0.166 e. The third-order valence-corrected chi connectivity index (χ3v) is 3.45. The number of benzene rings is 1. The molecule has 1 fully saturated rings. The molecular formula is C15H20O2. The van der Waals surface area contributed by atoms with E-state index in [-0.39, 0.29) is 11.7 Å². The van der Waals surface area contributed by atoms with Gasteiger partial charge in [0.1, 0.15) is 0 Å². The molecule has 0 bridgehead atoms. The first-order chi connectivity index (χ1) is 8.18. The lowest BCUT2D eigenvalue weighted by molar-refractivity contribution is 0.0545. The number of carbonyl (C=O) groups excluding carboxylic acids is 1. The van der Waals surface area contributed by atoms with Crippen LogP contribution in [0.15, 0.2) is 24.3 Å². The quantitative estimate of drug-likeness (QED) is 0.746. The molecule has 0 aliphatic carbocycles. The number of rotatable bonds is 3. The van der Waals surface area contributed by atoms with Gasteiger partial charge < -0.3 is 4.74 Å². The van der Waals surface area contributed by atoms with Crippen molar-refractivity contribution in [3.8, 4) is 0 Å².